The molecule has 0 unspecified atom stereocenters. The second kappa shape index (κ2) is 7.94. The molecule has 0 aliphatic rings. The van der Waals surface area contributed by atoms with Crippen molar-refractivity contribution < 1.29 is 27.5 Å². The Morgan fingerprint density at radius 1 is 1.22 bits per heavy atom. The number of amides is 1. The Hall–Kier alpha value is -1.27. The van der Waals surface area contributed by atoms with Gasteiger partial charge in [0.1, 0.15) is 6.54 Å². The van der Waals surface area contributed by atoms with Crippen LogP contribution in [0.2, 0.25) is 0 Å². The van der Waals surface area contributed by atoms with Crippen molar-refractivity contribution in [3.8, 4) is 0 Å². The van der Waals surface area contributed by atoms with Crippen LogP contribution in [-0.2, 0) is 14.3 Å². The zero-order valence-corrected chi connectivity index (χ0v) is 10.5. The molecule has 0 aromatic carbocycles. The lowest BCUT2D eigenvalue weighted by atomic mass is 10.2. The maximum atomic E-state index is 12.0. The van der Waals surface area contributed by atoms with Gasteiger partial charge in [-0.05, 0) is 13.3 Å². The molecule has 0 heterocycles. The van der Waals surface area contributed by atoms with E-state index >= 15 is 0 Å². The van der Waals surface area contributed by atoms with E-state index in [2.05, 4.69) is 4.74 Å². The summed E-state index contributed by atoms with van der Waals surface area (Å²) >= 11 is 0. The molecule has 0 aliphatic heterocycles. The zero-order valence-electron chi connectivity index (χ0n) is 10.5. The summed E-state index contributed by atoms with van der Waals surface area (Å²) in [6.45, 7) is 3.52. The largest absolute Gasteiger partial charge is 0.465 e. The number of carbonyl (C=O) groups is 2. The van der Waals surface area contributed by atoms with Crippen LogP contribution in [0, 0.1) is 0 Å². The van der Waals surface area contributed by atoms with E-state index in [9.17, 15) is 22.8 Å². The molecule has 0 aromatic heterocycles. The van der Waals surface area contributed by atoms with E-state index in [0.717, 1.165) is 4.90 Å². The SMILES string of the molecule is CCCN(CC(=O)OCC)C(=O)CCC(F)(F)F. The van der Waals surface area contributed by atoms with Crippen molar-refractivity contribution in [2.75, 3.05) is 19.7 Å². The van der Waals surface area contributed by atoms with Gasteiger partial charge in [0.05, 0.1) is 13.0 Å². The van der Waals surface area contributed by atoms with Crippen LogP contribution in [-0.4, -0.2) is 42.6 Å². The molecule has 0 spiro atoms. The Bertz CT molecular complexity index is 279. The molecule has 0 radical (unpaired) electrons. The first-order valence-corrected chi connectivity index (χ1v) is 5.80. The van der Waals surface area contributed by atoms with Crippen LogP contribution in [0.3, 0.4) is 0 Å². The first-order valence-electron chi connectivity index (χ1n) is 5.80. The summed E-state index contributed by atoms with van der Waals surface area (Å²) in [5, 5.41) is 0. The van der Waals surface area contributed by atoms with Gasteiger partial charge in [-0.15, -0.1) is 0 Å². The molecule has 0 atom stereocenters. The van der Waals surface area contributed by atoms with Crippen LogP contribution >= 0.6 is 0 Å². The van der Waals surface area contributed by atoms with Crippen LogP contribution in [0.25, 0.3) is 0 Å². The van der Waals surface area contributed by atoms with Crippen LogP contribution in [0.15, 0.2) is 0 Å². The molecule has 0 rings (SSSR count). The lowest BCUT2D eigenvalue weighted by molar-refractivity contribution is -0.154. The standard InChI is InChI=1S/C11H18F3NO3/c1-3-7-15(8-10(17)18-4-2)9(16)5-6-11(12,13)14/h3-8H2,1-2H3. The molecule has 0 fully saturated rings. The number of ether oxygens (including phenoxy) is 1. The summed E-state index contributed by atoms with van der Waals surface area (Å²) in [7, 11) is 0. The summed E-state index contributed by atoms with van der Waals surface area (Å²) in [4.78, 5) is 23.8. The number of halogens is 3. The maximum absolute atomic E-state index is 12.0. The number of esters is 1. The highest BCUT2D eigenvalue weighted by atomic mass is 19.4. The highest BCUT2D eigenvalue weighted by Gasteiger charge is 2.29. The summed E-state index contributed by atoms with van der Waals surface area (Å²) in [5.74, 6) is -1.28. The molecular formula is C11H18F3NO3. The van der Waals surface area contributed by atoms with E-state index in [0.29, 0.717) is 6.42 Å². The number of alkyl halides is 3. The molecule has 0 saturated heterocycles. The molecule has 7 heteroatoms. The summed E-state index contributed by atoms with van der Waals surface area (Å²) in [6.07, 6.45) is -5.60. The number of hydrogen-bond acceptors (Lipinski definition) is 3. The van der Waals surface area contributed by atoms with E-state index in [1.807, 2.05) is 0 Å². The quantitative estimate of drug-likeness (QED) is 0.665. The molecular weight excluding hydrogens is 251 g/mol. The normalized spacial score (nSPS) is 11.2. The van der Waals surface area contributed by atoms with Gasteiger partial charge in [0.2, 0.25) is 5.91 Å². The molecule has 1 amide bonds. The highest BCUT2D eigenvalue weighted by Crippen LogP contribution is 2.21. The maximum Gasteiger partial charge on any atom is 0.389 e. The summed E-state index contributed by atoms with van der Waals surface area (Å²) in [6, 6.07) is 0. The van der Waals surface area contributed by atoms with Gasteiger partial charge in [0, 0.05) is 13.0 Å². The van der Waals surface area contributed by atoms with Crippen molar-refractivity contribution >= 4 is 11.9 Å². The molecule has 0 saturated carbocycles. The number of hydrogen-bond donors (Lipinski definition) is 0. The van der Waals surface area contributed by atoms with Gasteiger partial charge in [-0.2, -0.15) is 13.2 Å². The number of carbonyl (C=O) groups excluding carboxylic acids is 2. The Kier molecular flexibility index (Phi) is 7.38. The smallest absolute Gasteiger partial charge is 0.389 e. The van der Waals surface area contributed by atoms with Gasteiger partial charge < -0.3 is 9.64 Å². The lowest BCUT2D eigenvalue weighted by Crippen LogP contribution is -2.37. The molecule has 0 aliphatic carbocycles. The molecule has 0 N–H and O–H groups in total. The predicted octanol–water partition coefficient (Wildman–Crippen LogP) is 2.13. The fraction of sp³-hybridized carbons (Fsp3) is 0.818. The van der Waals surface area contributed by atoms with Crippen molar-refractivity contribution in [1.82, 2.24) is 4.90 Å². The average Bonchev–Trinajstić information content (AvgIpc) is 2.24. The van der Waals surface area contributed by atoms with Crippen LogP contribution in [0.1, 0.15) is 33.1 Å². The second-order valence-electron chi connectivity index (χ2n) is 3.74. The molecule has 106 valence electrons. The van der Waals surface area contributed by atoms with Crippen LogP contribution in [0.4, 0.5) is 13.2 Å². The fourth-order valence-corrected chi connectivity index (χ4v) is 1.33. The van der Waals surface area contributed by atoms with Gasteiger partial charge >= 0.3 is 12.1 Å². The summed E-state index contributed by atoms with van der Waals surface area (Å²) in [5.41, 5.74) is 0. The summed E-state index contributed by atoms with van der Waals surface area (Å²) < 4.78 is 40.6. The van der Waals surface area contributed by atoms with Gasteiger partial charge in [-0.1, -0.05) is 6.92 Å². The first kappa shape index (κ1) is 16.7. The number of rotatable bonds is 7. The van der Waals surface area contributed by atoms with E-state index < -0.39 is 30.9 Å². The third kappa shape index (κ3) is 7.92. The minimum absolute atomic E-state index is 0.176. The van der Waals surface area contributed by atoms with Gasteiger partial charge in [0.15, 0.2) is 0 Å². The third-order valence-electron chi connectivity index (χ3n) is 2.09. The fourth-order valence-electron chi connectivity index (χ4n) is 1.33. The zero-order chi connectivity index (χ0) is 14.2. The van der Waals surface area contributed by atoms with Gasteiger partial charge in [-0.25, -0.2) is 0 Å². The third-order valence-corrected chi connectivity index (χ3v) is 2.09. The Morgan fingerprint density at radius 3 is 2.28 bits per heavy atom. The molecule has 4 nitrogen and oxygen atoms in total. The Labute approximate surface area is 104 Å². The van der Waals surface area contributed by atoms with Gasteiger partial charge in [0.25, 0.3) is 0 Å². The Morgan fingerprint density at radius 2 is 1.83 bits per heavy atom. The van der Waals surface area contributed by atoms with Crippen molar-refractivity contribution in [2.45, 2.75) is 39.3 Å². The van der Waals surface area contributed by atoms with Gasteiger partial charge in [-0.3, -0.25) is 9.59 Å². The molecule has 0 aromatic rings. The van der Waals surface area contributed by atoms with E-state index in [-0.39, 0.29) is 19.7 Å². The molecule has 18 heavy (non-hydrogen) atoms. The first-order chi connectivity index (χ1) is 8.30. The topological polar surface area (TPSA) is 46.6 Å². The van der Waals surface area contributed by atoms with E-state index in [1.54, 1.807) is 13.8 Å². The average molecular weight is 269 g/mol. The monoisotopic (exact) mass is 269 g/mol. The van der Waals surface area contributed by atoms with Crippen molar-refractivity contribution in [3.05, 3.63) is 0 Å². The minimum Gasteiger partial charge on any atom is -0.465 e. The predicted molar refractivity (Wildman–Crippen MR) is 58.8 cm³/mol. The Balaban J connectivity index is 4.31. The lowest BCUT2D eigenvalue weighted by Gasteiger charge is -2.21. The van der Waals surface area contributed by atoms with Crippen LogP contribution < -0.4 is 0 Å². The van der Waals surface area contributed by atoms with Crippen molar-refractivity contribution in [1.29, 1.82) is 0 Å². The van der Waals surface area contributed by atoms with Crippen molar-refractivity contribution in [2.24, 2.45) is 0 Å². The second-order valence-corrected chi connectivity index (χ2v) is 3.74. The van der Waals surface area contributed by atoms with Crippen molar-refractivity contribution in [3.63, 3.8) is 0 Å². The number of nitrogens with zero attached hydrogens (tertiary/aromatic N) is 1. The van der Waals surface area contributed by atoms with E-state index in [1.165, 1.54) is 0 Å². The van der Waals surface area contributed by atoms with Crippen LogP contribution in [0.5, 0.6) is 0 Å². The molecule has 0 bridgehead atoms. The minimum atomic E-state index is -4.36. The van der Waals surface area contributed by atoms with E-state index in [4.69, 9.17) is 0 Å². The highest BCUT2D eigenvalue weighted by molar-refractivity contribution is 5.82.